The minimum atomic E-state index is -0.937. The molecule has 1 saturated heterocycles. The number of nitrogens with one attached hydrogen (secondary N) is 1. The van der Waals surface area contributed by atoms with E-state index < -0.39 is 5.60 Å². The summed E-state index contributed by atoms with van der Waals surface area (Å²) in [5.74, 6) is 1.48. The summed E-state index contributed by atoms with van der Waals surface area (Å²) < 4.78 is 11.4. The second kappa shape index (κ2) is 7.13. The van der Waals surface area contributed by atoms with Crippen LogP contribution in [0.25, 0.3) is 22.3 Å². The van der Waals surface area contributed by atoms with Gasteiger partial charge in [-0.25, -0.2) is 4.98 Å². The van der Waals surface area contributed by atoms with Crippen LogP contribution in [0.1, 0.15) is 13.8 Å². The average Bonchev–Trinajstić information content (AvgIpc) is 3.20. The second-order valence-electron chi connectivity index (χ2n) is 7.21. The fourth-order valence-electron chi connectivity index (χ4n) is 3.02. The van der Waals surface area contributed by atoms with E-state index in [4.69, 9.17) is 14.5 Å². The number of fused-ring (bicyclic) bond motifs is 1. The van der Waals surface area contributed by atoms with Gasteiger partial charge in [0.15, 0.2) is 0 Å². The molecule has 142 valence electrons. The smallest absolute Gasteiger partial charge is 0.133 e. The SMILES string of the molecule is CC(C)(O)COc1cc(N2CCOCC2)nc2c(-c3ccn[nH]3)nccc12. The first kappa shape index (κ1) is 17.7. The Labute approximate surface area is 157 Å². The lowest BCUT2D eigenvalue weighted by molar-refractivity contribution is 0.0290. The minimum absolute atomic E-state index is 0.177. The van der Waals surface area contributed by atoms with E-state index in [0.29, 0.717) is 24.7 Å². The van der Waals surface area contributed by atoms with Crippen LogP contribution < -0.4 is 9.64 Å². The molecule has 0 radical (unpaired) electrons. The van der Waals surface area contributed by atoms with Crippen LogP contribution >= 0.6 is 0 Å². The summed E-state index contributed by atoms with van der Waals surface area (Å²) in [6.07, 6.45) is 3.42. The van der Waals surface area contributed by atoms with Gasteiger partial charge in [0.05, 0.1) is 24.5 Å². The molecular weight excluding hydrogens is 346 g/mol. The van der Waals surface area contributed by atoms with Crippen molar-refractivity contribution in [2.24, 2.45) is 0 Å². The molecule has 3 aromatic rings. The maximum absolute atomic E-state index is 10.1. The Bertz CT molecular complexity index is 915. The Hall–Kier alpha value is -2.71. The van der Waals surface area contributed by atoms with E-state index in [9.17, 15) is 5.11 Å². The zero-order valence-corrected chi connectivity index (χ0v) is 15.5. The molecule has 1 aliphatic rings. The normalized spacial score (nSPS) is 15.3. The third-order valence-electron chi connectivity index (χ3n) is 4.35. The van der Waals surface area contributed by atoms with Crippen molar-refractivity contribution in [1.82, 2.24) is 20.2 Å². The van der Waals surface area contributed by atoms with Crippen molar-refractivity contribution in [3.63, 3.8) is 0 Å². The van der Waals surface area contributed by atoms with E-state index in [2.05, 4.69) is 20.1 Å². The van der Waals surface area contributed by atoms with Gasteiger partial charge in [-0.15, -0.1) is 0 Å². The maximum Gasteiger partial charge on any atom is 0.133 e. The first-order chi connectivity index (χ1) is 13.0. The number of morpholine rings is 1. The Kier molecular flexibility index (Phi) is 4.67. The molecule has 4 rings (SSSR count). The van der Waals surface area contributed by atoms with E-state index in [1.54, 1.807) is 26.2 Å². The number of aliphatic hydroxyl groups is 1. The zero-order valence-electron chi connectivity index (χ0n) is 15.5. The molecule has 0 spiro atoms. The van der Waals surface area contributed by atoms with Crippen molar-refractivity contribution in [2.75, 3.05) is 37.8 Å². The summed E-state index contributed by atoms with van der Waals surface area (Å²) in [6, 6.07) is 5.67. The van der Waals surface area contributed by atoms with Gasteiger partial charge >= 0.3 is 0 Å². The number of ether oxygens (including phenoxy) is 2. The van der Waals surface area contributed by atoms with Crippen LogP contribution in [0.4, 0.5) is 5.82 Å². The summed E-state index contributed by atoms with van der Waals surface area (Å²) >= 11 is 0. The number of rotatable bonds is 5. The van der Waals surface area contributed by atoms with E-state index >= 15 is 0 Å². The predicted octanol–water partition coefficient (Wildman–Crippen LogP) is 2.01. The van der Waals surface area contributed by atoms with Gasteiger partial charge in [-0.05, 0) is 26.0 Å². The number of H-pyrrole nitrogens is 1. The molecule has 27 heavy (non-hydrogen) atoms. The predicted molar refractivity (Wildman–Crippen MR) is 102 cm³/mol. The Morgan fingerprint density at radius 2 is 2.07 bits per heavy atom. The summed E-state index contributed by atoms with van der Waals surface area (Å²) in [6.45, 7) is 6.48. The fraction of sp³-hybridized carbons (Fsp3) is 0.421. The van der Waals surface area contributed by atoms with Gasteiger partial charge in [0.25, 0.3) is 0 Å². The van der Waals surface area contributed by atoms with Crippen molar-refractivity contribution >= 4 is 16.7 Å². The molecule has 0 aromatic carbocycles. The number of nitrogens with zero attached hydrogens (tertiary/aromatic N) is 4. The number of anilines is 1. The molecule has 0 saturated carbocycles. The topological polar surface area (TPSA) is 96.4 Å². The molecule has 4 heterocycles. The van der Waals surface area contributed by atoms with Gasteiger partial charge in [0, 0.05) is 36.9 Å². The quantitative estimate of drug-likeness (QED) is 0.710. The monoisotopic (exact) mass is 369 g/mol. The first-order valence-electron chi connectivity index (χ1n) is 8.99. The lowest BCUT2D eigenvalue weighted by Gasteiger charge is -2.29. The summed E-state index contributed by atoms with van der Waals surface area (Å²) in [5, 5.41) is 17.9. The lowest BCUT2D eigenvalue weighted by atomic mass is 10.1. The van der Waals surface area contributed by atoms with Gasteiger partial charge < -0.3 is 19.5 Å². The number of aromatic amines is 1. The Morgan fingerprint density at radius 1 is 1.26 bits per heavy atom. The molecule has 3 aromatic heterocycles. The minimum Gasteiger partial charge on any atom is -0.490 e. The molecule has 1 fully saturated rings. The Balaban J connectivity index is 1.84. The van der Waals surface area contributed by atoms with Crippen molar-refractivity contribution in [3.05, 3.63) is 30.6 Å². The highest BCUT2D eigenvalue weighted by atomic mass is 16.5. The summed E-state index contributed by atoms with van der Waals surface area (Å²) in [4.78, 5) is 11.6. The van der Waals surface area contributed by atoms with Crippen LogP contribution in [0.2, 0.25) is 0 Å². The van der Waals surface area contributed by atoms with Crippen LogP contribution in [0.15, 0.2) is 30.6 Å². The van der Waals surface area contributed by atoms with Gasteiger partial charge in [-0.2, -0.15) is 5.10 Å². The molecular formula is C19H23N5O3. The molecule has 0 unspecified atom stereocenters. The fourth-order valence-corrected chi connectivity index (χ4v) is 3.02. The van der Waals surface area contributed by atoms with E-state index in [1.807, 2.05) is 18.2 Å². The molecule has 8 heteroatoms. The second-order valence-corrected chi connectivity index (χ2v) is 7.21. The van der Waals surface area contributed by atoms with Crippen molar-refractivity contribution in [3.8, 4) is 17.1 Å². The largest absolute Gasteiger partial charge is 0.490 e. The highest BCUT2D eigenvalue weighted by Crippen LogP contribution is 2.34. The number of pyridine rings is 2. The summed E-state index contributed by atoms with van der Waals surface area (Å²) in [7, 11) is 0. The standard InChI is InChI=1S/C19H23N5O3/c1-19(2,25)12-27-15-11-16(24-7-9-26-10-8-24)22-17-13(15)3-5-20-18(17)14-4-6-21-23-14/h3-6,11,25H,7-10,12H2,1-2H3,(H,21,23). The first-order valence-corrected chi connectivity index (χ1v) is 8.99. The molecule has 1 aliphatic heterocycles. The van der Waals surface area contributed by atoms with E-state index in [0.717, 1.165) is 35.5 Å². The molecule has 0 bridgehead atoms. The van der Waals surface area contributed by atoms with Gasteiger partial charge in [0.2, 0.25) is 0 Å². The highest BCUT2D eigenvalue weighted by molar-refractivity contribution is 5.95. The lowest BCUT2D eigenvalue weighted by Crippen LogP contribution is -2.36. The van der Waals surface area contributed by atoms with Crippen molar-refractivity contribution < 1.29 is 14.6 Å². The van der Waals surface area contributed by atoms with Crippen LogP contribution in [-0.2, 0) is 4.74 Å². The highest BCUT2D eigenvalue weighted by Gasteiger charge is 2.20. The third-order valence-corrected chi connectivity index (χ3v) is 4.35. The number of aromatic nitrogens is 4. The zero-order chi connectivity index (χ0) is 18.9. The molecule has 8 nitrogen and oxygen atoms in total. The van der Waals surface area contributed by atoms with Crippen LogP contribution in [-0.4, -0.2) is 63.8 Å². The molecule has 2 N–H and O–H groups in total. The van der Waals surface area contributed by atoms with Crippen LogP contribution in [0.5, 0.6) is 5.75 Å². The Morgan fingerprint density at radius 3 is 2.78 bits per heavy atom. The molecule has 0 atom stereocenters. The third kappa shape index (κ3) is 3.86. The number of hydrogen-bond acceptors (Lipinski definition) is 7. The molecule has 0 aliphatic carbocycles. The van der Waals surface area contributed by atoms with E-state index in [-0.39, 0.29) is 6.61 Å². The summed E-state index contributed by atoms with van der Waals surface area (Å²) in [5.41, 5.74) is 1.30. The molecule has 0 amide bonds. The van der Waals surface area contributed by atoms with E-state index in [1.165, 1.54) is 0 Å². The maximum atomic E-state index is 10.1. The van der Waals surface area contributed by atoms with Gasteiger partial charge in [-0.1, -0.05) is 0 Å². The van der Waals surface area contributed by atoms with Gasteiger partial charge in [-0.3, -0.25) is 10.1 Å². The van der Waals surface area contributed by atoms with Crippen molar-refractivity contribution in [1.29, 1.82) is 0 Å². The van der Waals surface area contributed by atoms with Gasteiger partial charge in [0.1, 0.15) is 29.4 Å². The average molecular weight is 369 g/mol. The number of hydrogen-bond donors (Lipinski definition) is 2. The van der Waals surface area contributed by atoms with Crippen LogP contribution in [0, 0.1) is 0 Å². The van der Waals surface area contributed by atoms with Crippen LogP contribution in [0.3, 0.4) is 0 Å². The van der Waals surface area contributed by atoms with Crippen molar-refractivity contribution in [2.45, 2.75) is 19.4 Å².